The van der Waals surface area contributed by atoms with Crippen molar-refractivity contribution in [2.24, 2.45) is 0 Å². The van der Waals surface area contributed by atoms with Crippen LogP contribution in [0.1, 0.15) is 23.8 Å². The van der Waals surface area contributed by atoms with Crippen LogP contribution in [0.4, 0.5) is 0 Å². The first kappa shape index (κ1) is 17.0. The molecular weight excluding hydrogens is 302 g/mol. The van der Waals surface area contributed by atoms with Crippen molar-refractivity contribution in [1.82, 2.24) is 4.31 Å². The van der Waals surface area contributed by atoms with Crippen LogP contribution in [0, 0.1) is 6.92 Å². The third-order valence-electron chi connectivity index (χ3n) is 3.11. The van der Waals surface area contributed by atoms with E-state index in [0.29, 0.717) is 10.4 Å². The Balaban J connectivity index is 3.19. The number of sulfonamides is 1. The molecule has 0 aliphatic carbocycles. The van der Waals surface area contributed by atoms with E-state index >= 15 is 0 Å². The molecule has 1 atom stereocenters. The third kappa shape index (κ3) is 3.52. The van der Waals surface area contributed by atoms with Crippen LogP contribution in [0.5, 0.6) is 0 Å². The molecule has 1 rings (SSSR count). The molecule has 1 aromatic heterocycles. The lowest BCUT2D eigenvalue weighted by Gasteiger charge is -2.26. The van der Waals surface area contributed by atoms with Crippen LogP contribution < -0.4 is 0 Å². The smallest absolute Gasteiger partial charge is 0.244 e. The number of aliphatic hydroxyl groups is 1. The second kappa shape index (κ2) is 7.08. The Morgan fingerprint density at radius 1 is 1.53 bits per heavy atom. The van der Waals surface area contributed by atoms with Gasteiger partial charge in [-0.25, -0.2) is 8.42 Å². The number of aliphatic hydroxyl groups excluding tert-OH is 1. The van der Waals surface area contributed by atoms with Crippen molar-refractivity contribution in [2.45, 2.75) is 37.8 Å². The van der Waals surface area contributed by atoms with Crippen molar-refractivity contribution in [2.75, 3.05) is 19.1 Å². The minimum absolute atomic E-state index is 0.0224. The molecule has 1 heterocycles. The molecule has 1 unspecified atom stereocenters. The molecule has 0 fully saturated rings. The molecule has 0 saturated carbocycles. The topological polar surface area (TPSA) is 57.6 Å². The predicted octanol–water partition coefficient (Wildman–Crippen LogP) is 2.31. The number of rotatable bonds is 7. The number of nitrogens with zero attached hydrogens (tertiary/aromatic N) is 1. The molecule has 0 aliphatic rings. The Morgan fingerprint density at radius 3 is 2.63 bits per heavy atom. The summed E-state index contributed by atoms with van der Waals surface area (Å²) < 4.78 is 26.8. The average Bonchev–Trinajstić information content (AvgIpc) is 2.76. The maximum Gasteiger partial charge on any atom is 0.244 e. The highest BCUT2D eigenvalue weighted by Gasteiger charge is 2.31. The number of thiophene rings is 1. The van der Waals surface area contributed by atoms with Gasteiger partial charge in [0.05, 0.1) is 11.5 Å². The summed E-state index contributed by atoms with van der Waals surface area (Å²) in [5.74, 6) is 0.768. The first-order valence-corrected chi connectivity index (χ1v) is 9.76. The summed E-state index contributed by atoms with van der Waals surface area (Å²) in [6.45, 7) is 3.52. The van der Waals surface area contributed by atoms with Crippen molar-refractivity contribution in [3.8, 4) is 0 Å². The maximum atomic E-state index is 12.7. The van der Waals surface area contributed by atoms with Gasteiger partial charge in [0.25, 0.3) is 0 Å². The zero-order valence-electron chi connectivity index (χ0n) is 11.7. The largest absolute Gasteiger partial charge is 0.391 e. The van der Waals surface area contributed by atoms with Gasteiger partial charge in [0, 0.05) is 18.8 Å². The third-order valence-corrected chi connectivity index (χ3v) is 7.19. The maximum absolute atomic E-state index is 12.7. The van der Waals surface area contributed by atoms with Crippen molar-refractivity contribution in [1.29, 1.82) is 0 Å². The lowest BCUT2D eigenvalue weighted by Crippen LogP contribution is -2.38. The SMILES string of the molecule is CCC(CSC)N(C)S(=O)(=O)c1c(C)csc1CO. The fourth-order valence-electron chi connectivity index (χ4n) is 1.96. The lowest BCUT2D eigenvalue weighted by molar-refractivity contribution is 0.282. The van der Waals surface area contributed by atoms with Gasteiger partial charge >= 0.3 is 0 Å². The molecule has 0 aromatic carbocycles. The van der Waals surface area contributed by atoms with E-state index in [2.05, 4.69) is 0 Å². The molecule has 0 saturated heterocycles. The van der Waals surface area contributed by atoms with E-state index in [-0.39, 0.29) is 17.5 Å². The van der Waals surface area contributed by atoms with E-state index in [1.807, 2.05) is 13.2 Å². The number of hydrogen-bond acceptors (Lipinski definition) is 5. The summed E-state index contributed by atoms with van der Waals surface area (Å²) in [7, 11) is -1.91. The standard InChI is InChI=1S/C12H21NO3S3/c1-5-10(8-17-4)13(3)19(15,16)12-9(2)7-18-11(12)6-14/h7,10,14H,5-6,8H2,1-4H3. The summed E-state index contributed by atoms with van der Waals surface area (Å²) in [4.78, 5) is 0.797. The first-order chi connectivity index (χ1) is 8.89. The van der Waals surface area contributed by atoms with Gasteiger partial charge in [0.1, 0.15) is 4.90 Å². The predicted molar refractivity (Wildman–Crippen MR) is 82.4 cm³/mol. The Bertz CT molecular complexity index is 510. The molecule has 110 valence electrons. The van der Waals surface area contributed by atoms with E-state index in [1.54, 1.807) is 31.1 Å². The van der Waals surface area contributed by atoms with Gasteiger partial charge in [-0.1, -0.05) is 6.92 Å². The van der Waals surface area contributed by atoms with E-state index in [1.165, 1.54) is 15.6 Å². The van der Waals surface area contributed by atoms with Crippen LogP contribution >= 0.6 is 23.1 Å². The summed E-state index contributed by atoms with van der Waals surface area (Å²) in [6.07, 6.45) is 2.74. The average molecular weight is 324 g/mol. The van der Waals surface area contributed by atoms with Crippen LogP contribution in [0.3, 0.4) is 0 Å². The molecule has 0 bridgehead atoms. The van der Waals surface area contributed by atoms with Crippen LogP contribution in [-0.2, 0) is 16.6 Å². The Labute approximate surface area is 123 Å². The first-order valence-electron chi connectivity index (χ1n) is 6.04. The van der Waals surface area contributed by atoms with Gasteiger partial charge in [-0.15, -0.1) is 11.3 Å². The Hall–Kier alpha value is -0.0800. The van der Waals surface area contributed by atoms with Crippen LogP contribution in [0.25, 0.3) is 0 Å². The summed E-state index contributed by atoms with van der Waals surface area (Å²) in [5.41, 5.74) is 0.708. The highest BCUT2D eigenvalue weighted by Crippen LogP contribution is 2.30. The van der Waals surface area contributed by atoms with Crippen molar-refractivity contribution >= 4 is 33.1 Å². The van der Waals surface area contributed by atoms with Gasteiger partial charge < -0.3 is 5.11 Å². The normalized spacial score (nSPS) is 14.0. The molecule has 1 aromatic rings. The molecular formula is C12H21NO3S3. The van der Waals surface area contributed by atoms with E-state index in [0.717, 1.165) is 12.2 Å². The molecule has 0 aliphatic heterocycles. The van der Waals surface area contributed by atoms with Gasteiger partial charge in [0.2, 0.25) is 10.0 Å². The summed E-state index contributed by atoms with van der Waals surface area (Å²) in [5, 5.41) is 11.1. The van der Waals surface area contributed by atoms with Gasteiger partial charge in [0.15, 0.2) is 0 Å². The monoisotopic (exact) mass is 323 g/mol. The molecule has 19 heavy (non-hydrogen) atoms. The zero-order valence-corrected chi connectivity index (χ0v) is 14.2. The van der Waals surface area contributed by atoms with Crippen molar-refractivity contribution in [3.05, 3.63) is 15.8 Å². The molecule has 0 amide bonds. The second-order valence-electron chi connectivity index (χ2n) is 4.37. The number of aryl methyl sites for hydroxylation is 1. The number of hydrogen-bond donors (Lipinski definition) is 1. The molecule has 0 radical (unpaired) electrons. The highest BCUT2D eigenvalue weighted by molar-refractivity contribution is 7.98. The fraction of sp³-hybridized carbons (Fsp3) is 0.667. The minimum atomic E-state index is -3.53. The van der Waals surface area contributed by atoms with Gasteiger partial charge in [-0.05, 0) is 30.5 Å². The zero-order chi connectivity index (χ0) is 14.6. The van der Waals surface area contributed by atoms with E-state index in [9.17, 15) is 13.5 Å². The van der Waals surface area contributed by atoms with E-state index in [4.69, 9.17) is 0 Å². The lowest BCUT2D eigenvalue weighted by atomic mass is 10.3. The van der Waals surface area contributed by atoms with Gasteiger partial charge in [-0.2, -0.15) is 16.1 Å². The van der Waals surface area contributed by atoms with Crippen LogP contribution in [0.15, 0.2) is 10.3 Å². The highest BCUT2D eigenvalue weighted by atomic mass is 32.2. The van der Waals surface area contributed by atoms with Gasteiger partial charge in [-0.3, -0.25) is 0 Å². The summed E-state index contributed by atoms with van der Waals surface area (Å²) in [6, 6.07) is -0.0224. The minimum Gasteiger partial charge on any atom is -0.391 e. The van der Waals surface area contributed by atoms with Crippen LogP contribution in [-0.4, -0.2) is 42.9 Å². The second-order valence-corrected chi connectivity index (χ2v) is 8.18. The Morgan fingerprint density at radius 2 is 2.16 bits per heavy atom. The van der Waals surface area contributed by atoms with E-state index < -0.39 is 10.0 Å². The molecule has 0 spiro atoms. The van der Waals surface area contributed by atoms with Crippen molar-refractivity contribution in [3.63, 3.8) is 0 Å². The number of thioether (sulfide) groups is 1. The Kier molecular flexibility index (Phi) is 6.32. The summed E-state index contributed by atoms with van der Waals surface area (Å²) >= 11 is 2.93. The quantitative estimate of drug-likeness (QED) is 0.836. The fourth-order valence-corrected chi connectivity index (χ4v) is 5.93. The molecule has 1 N–H and O–H groups in total. The van der Waals surface area contributed by atoms with Crippen molar-refractivity contribution < 1.29 is 13.5 Å². The molecule has 4 nitrogen and oxygen atoms in total. The molecule has 7 heteroatoms. The van der Waals surface area contributed by atoms with Crippen LogP contribution in [0.2, 0.25) is 0 Å².